The Hall–Kier alpha value is -2.21. The fourth-order valence-electron chi connectivity index (χ4n) is 3.95. The van der Waals surface area contributed by atoms with Crippen LogP contribution in [0.5, 0.6) is 0 Å². The standard InChI is InChI=1S/C22H25ClN4O/c1-16-5-3-7-19(13-16)22-25-24-21(28-22)17(2)27-11-9-26(10-12-27)15-18-6-4-8-20(23)14-18/h3-8,13-14,17H,9-12,15H2,1-2H3/p+2/t17-/m0/s1. The minimum absolute atomic E-state index is 0.207. The highest BCUT2D eigenvalue weighted by molar-refractivity contribution is 6.30. The lowest BCUT2D eigenvalue weighted by atomic mass is 10.1. The van der Waals surface area contributed by atoms with Gasteiger partial charge in [-0.3, -0.25) is 0 Å². The Morgan fingerprint density at radius 1 is 1.04 bits per heavy atom. The third-order valence-corrected chi connectivity index (χ3v) is 5.87. The summed E-state index contributed by atoms with van der Waals surface area (Å²) in [6.45, 7) is 9.73. The summed E-state index contributed by atoms with van der Waals surface area (Å²) in [6, 6.07) is 16.6. The van der Waals surface area contributed by atoms with E-state index in [4.69, 9.17) is 16.0 Å². The van der Waals surface area contributed by atoms with Gasteiger partial charge in [-0.1, -0.05) is 41.4 Å². The maximum absolute atomic E-state index is 6.11. The van der Waals surface area contributed by atoms with E-state index in [2.05, 4.69) is 48.3 Å². The molecule has 2 aromatic carbocycles. The summed E-state index contributed by atoms with van der Waals surface area (Å²) in [7, 11) is 0. The summed E-state index contributed by atoms with van der Waals surface area (Å²) in [5.74, 6) is 1.33. The monoisotopic (exact) mass is 398 g/mol. The van der Waals surface area contributed by atoms with Gasteiger partial charge in [0.25, 0.3) is 5.89 Å². The summed E-state index contributed by atoms with van der Waals surface area (Å²) >= 11 is 6.11. The molecule has 1 aliphatic rings. The molecule has 0 amide bonds. The summed E-state index contributed by atoms with van der Waals surface area (Å²) in [6.07, 6.45) is 0. The molecule has 28 heavy (non-hydrogen) atoms. The second kappa shape index (κ2) is 8.43. The van der Waals surface area contributed by atoms with Crippen LogP contribution in [0.25, 0.3) is 11.5 Å². The molecule has 0 spiro atoms. The molecule has 0 radical (unpaired) electrons. The smallest absolute Gasteiger partial charge is 0.274 e. The van der Waals surface area contributed by atoms with Crippen molar-refractivity contribution in [3.05, 3.63) is 70.6 Å². The number of benzene rings is 2. The number of aryl methyl sites for hydroxylation is 1. The van der Waals surface area contributed by atoms with Gasteiger partial charge in [0.2, 0.25) is 5.89 Å². The molecule has 6 heteroatoms. The number of quaternary nitrogens is 2. The van der Waals surface area contributed by atoms with E-state index in [-0.39, 0.29) is 6.04 Å². The Balaban J connectivity index is 1.36. The fraction of sp³-hybridized carbons (Fsp3) is 0.364. The Bertz CT molecular complexity index is 934. The summed E-state index contributed by atoms with van der Waals surface area (Å²) < 4.78 is 6.01. The quantitative estimate of drug-likeness (QED) is 0.688. The van der Waals surface area contributed by atoms with E-state index in [0.717, 1.165) is 49.2 Å². The van der Waals surface area contributed by atoms with Gasteiger partial charge in [0.05, 0.1) is 0 Å². The lowest BCUT2D eigenvalue weighted by molar-refractivity contribution is -1.03. The third kappa shape index (κ3) is 4.43. The van der Waals surface area contributed by atoms with Crippen LogP contribution in [-0.4, -0.2) is 36.4 Å². The number of halogens is 1. The van der Waals surface area contributed by atoms with Crippen molar-refractivity contribution in [1.82, 2.24) is 10.2 Å². The number of piperazine rings is 1. The van der Waals surface area contributed by atoms with E-state index in [1.54, 1.807) is 4.90 Å². The third-order valence-electron chi connectivity index (χ3n) is 5.63. The number of hydrogen-bond donors (Lipinski definition) is 2. The van der Waals surface area contributed by atoms with Gasteiger partial charge in [0.1, 0.15) is 32.7 Å². The predicted octanol–water partition coefficient (Wildman–Crippen LogP) is 1.74. The molecule has 0 bridgehead atoms. The van der Waals surface area contributed by atoms with Crippen molar-refractivity contribution < 1.29 is 14.2 Å². The lowest BCUT2D eigenvalue weighted by Gasteiger charge is -2.32. The van der Waals surface area contributed by atoms with Crippen LogP contribution in [0.2, 0.25) is 5.02 Å². The van der Waals surface area contributed by atoms with Crippen LogP contribution < -0.4 is 9.80 Å². The van der Waals surface area contributed by atoms with Crippen LogP contribution in [0, 0.1) is 6.92 Å². The number of nitrogens with one attached hydrogen (secondary N) is 2. The summed E-state index contributed by atoms with van der Waals surface area (Å²) in [5, 5.41) is 9.43. The van der Waals surface area contributed by atoms with Gasteiger partial charge < -0.3 is 14.2 Å². The fourth-order valence-corrected chi connectivity index (χ4v) is 4.16. The predicted molar refractivity (Wildman–Crippen MR) is 109 cm³/mol. The second-order valence-corrected chi connectivity index (χ2v) is 8.19. The molecule has 0 aliphatic carbocycles. The van der Waals surface area contributed by atoms with E-state index in [1.165, 1.54) is 16.0 Å². The van der Waals surface area contributed by atoms with Crippen LogP contribution >= 0.6 is 11.6 Å². The molecule has 0 saturated carbocycles. The van der Waals surface area contributed by atoms with Crippen molar-refractivity contribution in [2.75, 3.05) is 26.2 Å². The van der Waals surface area contributed by atoms with Gasteiger partial charge in [0, 0.05) is 16.1 Å². The molecule has 146 valence electrons. The maximum atomic E-state index is 6.11. The Morgan fingerprint density at radius 2 is 1.82 bits per heavy atom. The number of nitrogens with zero attached hydrogens (tertiary/aromatic N) is 2. The number of hydrogen-bond acceptors (Lipinski definition) is 3. The first-order valence-electron chi connectivity index (χ1n) is 9.91. The lowest BCUT2D eigenvalue weighted by Crippen LogP contribution is -3.27. The van der Waals surface area contributed by atoms with Crippen LogP contribution in [0.4, 0.5) is 0 Å². The molecule has 1 atom stereocenters. The molecular formula is C22H27ClN4O+2. The molecule has 2 heterocycles. The van der Waals surface area contributed by atoms with E-state index >= 15 is 0 Å². The Kier molecular flexibility index (Phi) is 5.76. The van der Waals surface area contributed by atoms with E-state index in [1.807, 2.05) is 24.3 Å². The first-order chi connectivity index (χ1) is 13.6. The molecule has 3 aromatic rings. The van der Waals surface area contributed by atoms with Crippen LogP contribution in [-0.2, 0) is 6.54 Å². The molecule has 1 aromatic heterocycles. The van der Waals surface area contributed by atoms with Crippen molar-refractivity contribution >= 4 is 11.6 Å². The first kappa shape index (κ1) is 19.1. The number of rotatable bonds is 5. The first-order valence-corrected chi connectivity index (χ1v) is 10.3. The molecular weight excluding hydrogens is 372 g/mol. The van der Waals surface area contributed by atoms with Crippen molar-refractivity contribution in [2.45, 2.75) is 26.4 Å². The molecule has 0 unspecified atom stereocenters. The van der Waals surface area contributed by atoms with Crippen molar-refractivity contribution in [1.29, 1.82) is 0 Å². The molecule has 4 rings (SSSR count). The zero-order valence-electron chi connectivity index (χ0n) is 16.4. The SMILES string of the molecule is Cc1cccc(-c2nnc([C@H](C)[NH+]3CC[NH+](Cc4cccc(Cl)c4)CC3)o2)c1. The zero-order chi connectivity index (χ0) is 19.5. The van der Waals surface area contributed by atoms with E-state index in [0.29, 0.717) is 5.89 Å². The van der Waals surface area contributed by atoms with Gasteiger partial charge in [-0.25, -0.2) is 0 Å². The highest BCUT2D eigenvalue weighted by atomic mass is 35.5. The summed E-state index contributed by atoms with van der Waals surface area (Å²) in [4.78, 5) is 3.11. The van der Waals surface area contributed by atoms with E-state index in [9.17, 15) is 0 Å². The average Bonchev–Trinajstić information content (AvgIpc) is 3.18. The van der Waals surface area contributed by atoms with Crippen LogP contribution in [0.15, 0.2) is 52.9 Å². The largest absolute Gasteiger partial charge is 0.415 e. The highest BCUT2D eigenvalue weighted by Gasteiger charge is 2.31. The van der Waals surface area contributed by atoms with Crippen LogP contribution in [0.3, 0.4) is 0 Å². The highest BCUT2D eigenvalue weighted by Crippen LogP contribution is 2.20. The molecule has 1 aliphatic heterocycles. The van der Waals surface area contributed by atoms with Crippen molar-refractivity contribution in [3.63, 3.8) is 0 Å². The molecule has 1 fully saturated rings. The van der Waals surface area contributed by atoms with Crippen molar-refractivity contribution in [2.24, 2.45) is 0 Å². The van der Waals surface area contributed by atoms with E-state index < -0.39 is 0 Å². The molecule has 5 nitrogen and oxygen atoms in total. The molecule has 1 saturated heterocycles. The van der Waals surface area contributed by atoms with Gasteiger partial charge >= 0.3 is 0 Å². The average molecular weight is 399 g/mol. The Morgan fingerprint density at radius 3 is 2.57 bits per heavy atom. The minimum atomic E-state index is 0.207. The van der Waals surface area contributed by atoms with Gasteiger partial charge in [-0.2, -0.15) is 0 Å². The normalized spacial score (nSPS) is 20.8. The summed E-state index contributed by atoms with van der Waals surface area (Å²) in [5.41, 5.74) is 3.48. The second-order valence-electron chi connectivity index (χ2n) is 7.75. The Labute approximate surface area is 170 Å². The topological polar surface area (TPSA) is 47.8 Å². The number of aromatic nitrogens is 2. The maximum Gasteiger partial charge on any atom is 0.274 e. The minimum Gasteiger partial charge on any atom is -0.415 e. The zero-order valence-corrected chi connectivity index (χ0v) is 17.2. The molecule has 2 N–H and O–H groups in total. The van der Waals surface area contributed by atoms with Crippen LogP contribution in [0.1, 0.15) is 30.0 Å². The van der Waals surface area contributed by atoms with Gasteiger partial charge in [-0.15, -0.1) is 10.2 Å². The van der Waals surface area contributed by atoms with Gasteiger partial charge in [0.15, 0.2) is 6.04 Å². The van der Waals surface area contributed by atoms with Crippen molar-refractivity contribution in [3.8, 4) is 11.5 Å². The van der Waals surface area contributed by atoms with Gasteiger partial charge in [-0.05, 0) is 38.1 Å².